The maximum Gasteiger partial charge on any atom is 0.316 e. The van der Waals surface area contributed by atoms with Gasteiger partial charge in [0.15, 0.2) is 0 Å². The van der Waals surface area contributed by atoms with Gasteiger partial charge in [-0.2, -0.15) is 0 Å². The topological polar surface area (TPSA) is 46.6 Å². The maximum atomic E-state index is 12.3. The van der Waals surface area contributed by atoms with E-state index in [0.29, 0.717) is 23.9 Å². The van der Waals surface area contributed by atoms with Gasteiger partial charge in [0, 0.05) is 23.5 Å². The monoisotopic (exact) mass is 323 g/mol. The molecule has 5 heteroatoms. The molecule has 120 valence electrons. The van der Waals surface area contributed by atoms with Crippen molar-refractivity contribution in [2.75, 3.05) is 13.1 Å². The molecule has 1 aliphatic heterocycles. The molecular formula is C17H22ClNO3. The SMILES string of the molecule is CC(C)(C)C(=O)N1CCCC(C(=O)Oc2cccc(Cl)c2)C1. The third-order valence-corrected chi connectivity index (χ3v) is 3.93. The van der Waals surface area contributed by atoms with Crippen LogP contribution in [0.1, 0.15) is 33.6 Å². The van der Waals surface area contributed by atoms with Crippen LogP contribution in [0.4, 0.5) is 0 Å². The Morgan fingerprint density at radius 1 is 1.32 bits per heavy atom. The van der Waals surface area contributed by atoms with E-state index in [1.807, 2.05) is 20.8 Å². The summed E-state index contributed by atoms with van der Waals surface area (Å²) in [6, 6.07) is 6.77. The van der Waals surface area contributed by atoms with Crippen LogP contribution in [0.5, 0.6) is 5.75 Å². The van der Waals surface area contributed by atoms with Crippen molar-refractivity contribution in [1.29, 1.82) is 0 Å². The molecule has 1 aromatic rings. The molecule has 2 rings (SSSR count). The second kappa shape index (κ2) is 6.69. The molecule has 1 heterocycles. The van der Waals surface area contributed by atoms with E-state index in [2.05, 4.69) is 0 Å². The molecule has 4 nitrogen and oxygen atoms in total. The van der Waals surface area contributed by atoms with Crippen molar-refractivity contribution in [3.05, 3.63) is 29.3 Å². The highest BCUT2D eigenvalue weighted by Crippen LogP contribution is 2.25. The van der Waals surface area contributed by atoms with Gasteiger partial charge in [0.2, 0.25) is 5.91 Å². The van der Waals surface area contributed by atoms with Crippen LogP contribution in [-0.2, 0) is 9.59 Å². The van der Waals surface area contributed by atoms with Crippen molar-refractivity contribution >= 4 is 23.5 Å². The van der Waals surface area contributed by atoms with Gasteiger partial charge in [-0.3, -0.25) is 9.59 Å². The summed E-state index contributed by atoms with van der Waals surface area (Å²) in [5, 5.41) is 0.526. The highest BCUT2D eigenvalue weighted by Gasteiger charge is 2.34. The van der Waals surface area contributed by atoms with E-state index in [-0.39, 0.29) is 17.8 Å². The molecular weight excluding hydrogens is 302 g/mol. The smallest absolute Gasteiger partial charge is 0.316 e. The number of carbonyl (C=O) groups is 2. The first-order valence-electron chi connectivity index (χ1n) is 7.54. The van der Waals surface area contributed by atoms with Crippen molar-refractivity contribution in [2.45, 2.75) is 33.6 Å². The van der Waals surface area contributed by atoms with Crippen LogP contribution in [0.15, 0.2) is 24.3 Å². The highest BCUT2D eigenvalue weighted by atomic mass is 35.5. The minimum absolute atomic E-state index is 0.0766. The van der Waals surface area contributed by atoms with Gasteiger partial charge in [-0.1, -0.05) is 38.4 Å². The Labute approximate surface area is 136 Å². The number of halogens is 1. The molecule has 0 saturated carbocycles. The second-order valence-electron chi connectivity index (χ2n) is 6.72. The van der Waals surface area contributed by atoms with E-state index in [4.69, 9.17) is 16.3 Å². The van der Waals surface area contributed by atoms with Gasteiger partial charge < -0.3 is 9.64 Å². The maximum absolute atomic E-state index is 12.3. The Morgan fingerprint density at radius 3 is 2.68 bits per heavy atom. The van der Waals surface area contributed by atoms with E-state index in [9.17, 15) is 9.59 Å². The Hall–Kier alpha value is -1.55. The first-order chi connectivity index (χ1) is 10.3. The van der Waals surface area contributed by atoms with Crippen LogP contribution in [0.2, 0.25) is 5.02 Å². The van der Waals surface area contributed by atoms with Gasteiger partial charge >= 0.3 is 5.97 Å². The molecule has 1 unspecified atom stereocenters. The lowest BCUT2D eigenvalue weighted by Crippen LogP contribution is -2.47. The number of hydrogen-bond acceptors (Lipinski definition) is 3. The van der Waals surface area contributed by atoms with Crippen LogP contribution >= 0.6 is 11.6 Å². The van der Waals surface area contributed by atoms with E-state index in [0.717, 1.165) is 12.8 Å². The predicted octanol–water partition coefficient (Wildman–Crippen LogP) is 3.53. The van der Waals surface area contributed by atoms with Gasteiger partial charge in [0.05, 0.1) is 5.92 Å². The van der Waals surface area contributed by atoms with Crippen molar-refractivity contribution in [2.24, 2.45) is 11.3 Å². The summed E-state index contributed by atoms with van der Waals surface area (Å²) in [5.41, 5.74) is -0.432. The number of amides is 1. The standard InChI is InChI=1S/C17H22ClNO3/c1-17(2,3)16(21)19-9-5-6-12(11-19)15(20)22-14-8-4-7-13(18)10-14/h4,7-8,10,12H,5-6,9,11H2,1-3H3. The molecule has 0 spiro atoms. The normalized spacial score (nSPS) is 18.9. The molecule has 0 N–H and O–H groups in total. The molecule has 22 heavy (non-hydrogen) atoms. The Bertz CT molecular complexity index is 565. The number of esters is 1. The first kappa shape index (κ1) is 16.8. The summed E-state index contributed by atoms with van der Waals surface area (Å²) in [7, 11) is 0. The van der Waals surface area contributed by atoms with Gasteiger partial charge in [0.25, 0.3) is 0 Å². The van der Waals surface area contributed by atoms with Crippen molar-refractivity contribution < 1.29 is 14.3 Å². The summed E-state index contributed by atoms with van der Waals surface area (Å²) in [5.74, 6) is -0.0581. The first-order valence-corrected chi connectivity index (χ1v) is 7.92. The zero-order valence-corrected chi connectivity index (χ0v) is 14.0. The molecule has 0 radical (unpaired) electrons. The average molecular weight is 324 g/mol. The van der Waals surface area contributed by atoms with Gasteiger partial charge in [-0.15, -0.1) is 0 Å². The predicted molar refractivity (Wildman–Crippen MR) is 85.8 cm³/mol. The number of hydrogen-bond donors (Lipinski definition) is 0. The number of nitrogens with zero attached hydrogens (tertiary/aromatic N) is 1. The Kier molecular flexibility index (Phi) is 5.12. The molecule has 1 amide bonds. The number of carbonyl (C=O) groups excluding carboxylic acids is 2. The van der Waals surface area contributed by atoms with Crippen molar-refractivity contribution in [3.63, 3.8) is 0 Å². The number of benzene rings is 1. The molecule has 0 aliphatic carbocycles. The largest absolute Gasteiger partial charge is 0.426 e. The molecule has 1 fully saturated rings. The lowest BCUT2D eigenvalue weighted by Gasteiger charge is -2.35. The minimum atomic E-state index is -0.432. The number of piperidine rings is 1. The summed E-state index contributed by atoms with van der Waals surface area (Å²) in [4.78, 5) is 26.4. The number of likely N-dealkylation sites (tertiary alicyclic amines) is 1. The van der Waals surface area contributed by atoms with Crippen molar-refractivity contribution in [3.8, 4) is 5.75 Å². The molecule has 1 atom stereocenters. The minimum Gasteiger partial charge on any atom is -0.426 e. The zero-order chi connectivity index (χ0) is 16.3. The highest BCUT2D eigenvalue weighted by molar-refractivity contribution is 6.30. The Morgan fingerprint density at radius 2 is 2.05 bits per heavy atom. The van der Waals surface area contributed by atoms with Gasteiger partial charge in [0.1, 0.15) is 5.75 Å². The fraction of sp³-hybridized carbons (Fsp3) is 0.529. The fourth-order valence-corrected chi connectivity index (χ4v) is 2.74. The lowest BCUT2D eigenvalue weighted by molar-refractivity contribution is -0.146. The third-order valence-electron chi connectivity index (χ3n) is 3.70. The second-order valence-corrected chi connectivity index (χ2v) is 7.16. The van der Waals surface area contributed by atoms with E-state index in [1.54, 1.807) is 29.2 Å². The molecule has 1 aliphatic rings. The molecule has 1 saturated heterocycles. The fourth-order valence-electron chi connectivity index (χ4n) is 2.56. The van der Waals surface area contributed by atoms with Gasteiger partial charge in [-0.05, 0) is 31.0 Å². The van der Waals surface area contributed by atoms with E-state index >= 15 is 0 Å². The van der Waals surface area contributed by atoms with Crippen LogP contribution in [0, 0.1) is 11.3 Å². The molecule has 0 bridgehead atoms. The Balaban J connectivity index is 2.00. The van der Waals surface area contributed by atoms with Crippen molar-refractivity contribution in [1.82, 2.24) is 4.90 Å². The molecule has 1 aromatic carbocycles. The molecule has 0 aromatic heterocycles. The van der Waals surface area contributed by atoms with E-state index < -0.39 is 5.41 Å². The number of rotatable bonds is 2. The lowest BCUT2D eigenvalue weighted by atomic mass is 9.91. The van der Waals surface area contributed by atoms with Crippen LogP contribution in [0.3, 0.4) is 0 Å². The number of ether oxygens (including phenoxy) is 1. The van der Waals surface area contributed by atoms with Crippen LogP contribution in [0.25, 0.3) is 0 Å². The zero-order valence-electron chi connectivity index (χ0n) is 13.3. The van der Waals surface area contributed by atoms with Crippen LogP contribution < -0.4 is 4.74 Å². The summed E-state index contributed by atoms with van der Waals surface area (Å²) < 4.78 is 5.39. The summed E-state index contributed by atoms with van der Waals surface area (Å²) in [6.45, 7) is 6.81. The summed E-state index contributed by atoms with van der Waals surface area (Å²) >= 11 is 5.88. The average Bonchev–Trinajstić information content (AvgIpc) is 2.45. The summed E-state index contributed by atoms with van der Waals surface area (Å²) in [6.07, 6.45) is 1.56. The van der Waals surface area contributed by atoms with Gasteiger partial charge in [-0.25, -0.2) is 0 Å². The van der Waals surface area contributed by atoms with Crippen LogP contribution in [-0.4, -0.2) is 29.9 Å². The van der Waals surface area contributed by atoms with E-state index in [1.165, 1.54) is 0 Å². The quantitative estimate of drug-likeness (QED) is 0.618. The third kappa shape index (κ3) is 4.23.